The molecule has 2 aromatic carbocycles. The van der Waals surface area contributed by atoms with E-state index in [0.717, 1.165) is 24.3 Å². The predicted octanol–water partition coefficient (Wildman–Crippen LogP) is 4.00. The van der Waals surface area contributed by atoms with Crippen LogP contribution in [0.4, 0.5) is 8.78 Å². The molecule has 6 heteroatoms. The molecule has 0 aliphatic carbocycles. The lowest BCUT2D eigenvalue weighted by Gasteiger charge is -2.10. The summed E-state index contributed by atoms with van der Waals surface area (Å²) in [5.74, 6) is -2.01. The van der Waals surface area contributed by atoms with Gasteiger partial charge in [0.2, 0.25) is 0 Å². The molecule has 0 spiro atoms. The van der Waals surface area contributed by atoms with E-state index < -0.39 is 17.6 Å². The first-order chi connectivity index (χ1) is 9.47. The maximum absolute atomic E-state index is 13.2. The van der Waals surface area contributed by atoms with Crippen LogP contribution in [0.3, 0.4) is 0 Å². The Labute approximate surface area is 121 Å². The highest BCUT2D eigenvalue weighted by molar-refractivity contribution is 9.10. The number of carboxylic acid groups (broad SMARTS) is 1. The van der Waals surface area contributed by atoms with E-state index in [1.165, 1.54) is 12.1 Å². The number of aromatic carboxylic acids is 1. The van der Waals surface area contributed by atoms with Crippen molar-refractivity contribution in [1.82, 2.24) is 0 Å². The van der Waals surface area contributed by atoms with Gasteiger partial charge >= 0.3 is 5.97 Å². The molecule has 1 N–H and O–H groups in total. The average Bonchev–Trinajstić information content (AvgIpc) is 2.39. The summed E-state index contributed by atoms with van der Waals surface area (Å²) in [6.45, 7) is -0.179. The van der Waals surface area contributed by atoms with Gasteiger partial charge in [-0.1, -0.05) is 0 Å². The highest BCUT2D eigenvalue weighted by Gasteiger charge is 2.12. The minimum atomic E-state index is -1.18. The number of carboxylic acids is 1. The number of carbonyl (C=O) groups is 1. The van der Waals surface area contributed by atoms with E-state index in [1.54, 1.807) is 0 Å². The van der Waals surface area contributed by atoms with Gasteiger partial charge in [-0.2, -0.15) is 0 Å². The first kappa shape index (κ1) is 14.5. The molecule has 0 saturated heterocycles. The van der Waals surface area contributed by atoms with Crippen molar-refractivity contribution in [2.45, 2.75) is 6.61 Å². The van der Waals surface area contributed by atoms with Crippen molar-refractivity contribution in [2.24, 2.45) is 0 Å². The van der Waals surface area contributed by atoms with Crippen LogP contribution in [-0.4, -0.2) is 11.1 Å². The van der Waals surface area contributed by atoms with E-state index in [0.29, 0.717) is 4.47 Å². The van der Waals surface area contributed by atoms with E-state index in [2.05, 4.69) is 15.9 Å². The number of hydrogen-bond donors (Lipinski definition) is 1. The maximum atomic E-state index is 13.2. The summed E-state index contributed by atoms with van der Waals surface area (Å²) in [7, 11) is 0. The van der Waals surface area contributed by atoms with Crippen LogP contribution in [0.15, 0.2) is 40.9 Å². The van der Waals surface area contributed by atoms with Gasteiger partial charge in [-0.05, 0) is 46.3 Å². The summed E-state index contributed by atoms with van der Waals surface area (Å²) in [4.78, 5) is 11.0. The fourth-order valence-corrected chi connectivity index (χ4v) is 1.99. The van der Waals surface area contributed by atoms with Crippen LogP contribution in [0.1, 0.15) is 15.9 Å². The van der Waals surface area contributed by atoms with Crippen LogP contribution >= 0.6 is 15.9 Å². The molecule has 0 saturated carbocycles. The maximum Gasteiger partial charge on any atom is 0.336 e. The van der Waals surface area contributed by atoms with Gasteiger partial charge in [0.15, 0.2) is 0 Å². The van der Waals surface area contributed by atoms with Crippen molar-refractivity contribution >= 4 is 21.9 Å². The molecule has 0 amide bonds. The van der Waals surface area contributed by atoms with Crippen molar-refractivity contribution in [2.75, 3.05) is 0 Å². The Bertz CT molecular complexity index is 659. The zero-order chi connectivity index (χ0) is 14.7. The minimum Gasteiger partial charge on any atom is -0.488 e. The van der Waals surface area contributed by atoms with Crippen molar-refractivity contribution in [1.29, 1.82) is 0 Å². The van der Waals surface area contributed by atoms with E-state index in [-0.39, 0.29) is 23.5 Å². The van der Waals surface area contributed by atoms with Crippen LogP contribution < -0.4 is 4.74 Å². The monoisotopic (exact) mass is 342 g/mol. The second kappa shape index (κ2) is 6.00. The lowest BCUT2D eigenvalue weighted by molar-refractivity contribution is 0.0694. The van der Waals surface area contributed by atoms with E-state index in [4.69, 9.17) is 9.84 Å². The Kier molecular flexibility index (Phi) is 4.34. The van der Waals surface area contributed by atoms with Crippen molar-refractivity contribution in [3.05, 3.63) is 63.6 Å². The lowest BCUT2D eigenvalue weighted by atomic mass is 10.1. The highest BCUT2D eigenvalue weighted by atomic mass is 79.9. The third-order valence-electron chi connectivity index (χ3n) is 2.57. The first-order valence-corrected chi connectivity index (χ1v) is 6.36. The Morgan fingerprint density at radius 1 is 1.15 bits per heavy atom. The second-order valence-electron chi connectivity index (χ2n) is 3.97. The molecule has 3 nitrogen and oxygen atoms in total. The topological polar surface area (TPSA) is 46.5 Å². The van der Waals surface area contributed by atoms with Gasteiger partial charge in [-0.25, -0.2) is 13.6 Å². The van der Waals surface area contributed by atoms with Gasteiger partial charge in [0.05, 0.1) is 10.0 Å². The van der Waals surface area contributed by atoms with E-state index >= 15 is 0 Å². The summed E-state index contributed by atoms with van der Waals surface area (Å²) in [5, 5.41) is 9.01. The molecular formula is C14H9BrF2O3. The van der Waals surface area contributed by atoms with Gasteiger partial charge in [-0.3, -0.25) is 0 Å². The molecule has 0 aliphatic heterocycles. The van der Waals surface area contributed by atoms with Crippen LogP contribution in [0.5, 0.6) is 5.75 Å². The summed E-state index contributed by atoms with van der Waals surface area (Å²) in [6.07, 6.45) is 0. The zero-order valence-corrected chi connectivity index (χ0v) is 11.7. The molecule has 0 heterocycles. The molecule has 0 fully saturated rings. The van der Waals surface area contributed by atoms with E-state index in [1.807, 2.05) is 0 Å². The molecule has 2 aromatic rings. The van der Waals surface area contributed by atoms with Crippen LogP contribution in [0.25, 0.3) is 0 Å². The van der Waals surface area contributed by atoms with Crippen LogP contribution in [0.2, 0.25) is 0 Å². The average molecular weight is 343 g/mol. The number of benzene rings is 2. The summed E-state index contributed by atoms with van der Waals surface area (Å²) in [5.41, 5.74) is 0.118. The molecule has 0 radical (unpaired) electrons. The normalized spacial score (nSPS) is 10.3. The van der Waals surface area contributed by atoms with Crippen molar-refractivity contribution < 1.29 is 23.4 Å². The Morgan fingerprint density at radius 3 is 2.50 bits per heavy atom. The smallest absolute Gasteiger partial charge is 0.336 e. The molecule has 104 valence electrons. The fraction of sp³-hybridized carbons (Fsp3) is 0.0714. The standard InChI is InChI=1S/C14H9BrF2O3/c15-12-4-2-10(17)6-13(12)20-7-8-5-9(16)1-3-11(8)14(18)19/h1-6H,7H2,(H,18,19). The molecule has 0 unspecified atom stereocenters. The Hall–Kier alpha value is -1.95. The van der Waals surface area contributed by atoms with Gasteiger partial charge < -0.3 is 9.84 Å². The lowest BCUT2D eigenvalue weighted by Crippen LogP contribution is -2.06. The molecule has 20 heavy (non-hydrogen) atoms. The van der Waals surface area contributed by atoms with Gasteiger partial charge in [0.25, 0.3) is 0 Å². The number of hydrogen-bond acceptors (Lipinski definition) is 2. The molecule has 0 aromatic heterocycles. The van der Waals surface area contributed by atoms with Crippen LogP contribution in [0, 0.1) is 11.6 Å². The number of rotatable bonds is 4. The largest absolute Gasteiger partial charge is 0.488 e. The van der Waals surface area contributed by atoms with Crippen molar-refractivity contribution in [3.8, 4) is 5.75 Å². The molecule has 2 rings (SSSR count). The fourth-order valence-electron chi connectivity index (χ4n) is 1.63. The van der Waals surface area contributed by atoms with Gasteiger partial charge in [-0.15, -0.1) is 0 Å². The molecular weight excluding hydrogens is 334 g/mol. The Balaban J connectivity index is 2.24. The summed E-state index contributed by atoms with van der Waals surface area (Å²) in [6, 6.07) is 7.18. The minimum absolute atomic E-state index is 0.0566. The quantitative estimate of drug-likeness (QED) is 0.913. The Morgan fingerprint density at radius 2 is 1.80 bits per heavy atom. The molecule has 0 aliphatic rings. The molecule has 0 bridgehead atoms. The third-order valence-corrected chi connectivity index (χ3v) is 3.23. The van der Waals surface area contributed by atoms with E-state index in [9.17, 15) is 13.6 Å². The SMILES string of the molecule is O=C(O)c1ccc(F)cc1COc1cc(F)ccc1Br. The van der Waals surface area contributed by atoms with Crippen LogP contribution in [-0.2, 0) is 6.61 Å². The van der Waals surface area contributed by atoms with Gasteiger partial charge in [0, 0.05) is 11.6 Å². The second-order valence-corrected chi connectivity index (χ2v) is 4.82. The molecule has 0 atom stereocenters. The van der Waals surface area contributed by atoms with Gasteiger partial charge in [0.1, 0.15) is 24.0 Å². The number of halogens is 3. The summed E-state index contributed by atoms with van der Waals surface area (Å²) < 4.78 is 32.1. The highest BCUT2D eigenvalue weighted by Crippen LogP contribution is 2.26. The predicted molar refractivity (Wildman–Crippen MR) is 71.8 cm³/mol. The zero-order valence-electron chi connectivity index (χ0n) is 10.1. The van der Waals surface area contributed by atoms with Crippen molar-refractivity contribution in [3.63, 3.8) is 0 Å². The first-order valence-electron chi connectivity index (χ1n) is 5.57. The summed E-state index contributed by atoms with van der Waals surface area (Å²) >= 11 is 3.18. The number of ether oxygens (including phenoxy) is 1. The third kappa shape index (κ3) is 3.33.